The van der Waals surface area contributed by atoms with Crippen molar-refractivity contribution >= 4 is 92.2 Å². The number of rotatable bonds is 20. The van der Waals surface area contributed by atoms with Crippen LogP contribution in [0.15, 0.2) is 53.2 Å². The normalized spacial score (nSPS) is 24.5. The Morgan fingerprint density at radius 2 is 1.77 bits per heavy atom. The third-order valence-corrected chi connectivity index (χ3v) is 17.3. The van der Waals surface area contributed by atoms with Crippen molar-refractivity contribution in [2.75, 3.05) is 45.6 Å². The van der Waals surface area contributed by atoms with Gasteiger partial charge < -0.3 is 48.5 Å². The molecule has 3 aliphatic rings. The van der Waals surface area contributed by atoms with Crippen molar-refractivity contribution in [2.45, 2.75) is 153 Å². The van der Waals surface area contributed by atoms with Gasteiger partial charge in [0.05, 0.1) is 43.6 Å². The first kappa shape index (κ1) is 65.5. The molecule has 0 spiro atoms. The summed E-state index contributed by atoms with van der Waals surface area (Å²) >= 11 is 6.79. The first-order chi connectivity index (χ1) is 38.1. The number of fused-ring (bicyclic) bond motifs is 4. The second-order valence-corrected chi connectivity index (χ2v) is 24.4. The van der Waals surface area contributed by atoms with Crippen molar-refractivity contribution in [2.24, 2.45) is 11.0 Å². The summed E-state index contributed by atoms with van der Waals surface area (Å²) in [6, 6.07) is 5.42. The molecule has 1 aromatic carbocycles. The van der Waals surface area contributed by atoms with Crippen molar-refractivity contribution in [1.29, 1.82) is 0 Å². The van der Waals surface area contributed by atoms with Crippen LogP contribution in [0.25, 0.3) is 0 Å². The number of nitrogens with zero attached hydrogens (tertiary/aromatic N) is 6. The molecule has 2 aromatic rings. The summed E-state index contributed by atoms with van der Waals surface area (Å²) in [5, 5.41) is 39.4. The Balaban J connectivity index is 1.16. The number of halogens is 1. The maximum absolute atomic E-state index is 14.3. The van der Waals surface area contributed by atoms with Gasteiger partial charge in [-0.25, -0.2) is 19.8 Å². The Hall–Kier alpha value is -6.32. The van der Waals surface area contributed by atoms with E-state index in [0.29, 0.717) is 40.1 Å². The van der Waals surface area contributed by atoms with Crippen LogP contribution < -0.4 is 25.1 Å². The standard InChI is InChI=1S/C54H73ClN8O16S2/c1-31-14-12-15-40(75-11)54(73)29-39(77-51(71)56-54)32(2)28-53(7,72)41(27-47(68)62(9)37-25-35(24-31)26-38(74-10)49(37)55)78-50(70)34(4)61(8)44(65)21-23-80-81-52(5,6)30-42(64)59-57-33(3)36-17-18-43(60-58-36)76-22-13-16-48(69)79-63-45(66)19-20-46(63)67/h12,14-15,17-18,25-26,32,34,39-41,72-73H,13,16,19-24,27-30H2,1-11H3,(H,56,71)(H,59,64)/b15-12+,31-14+,57-33-/t32-,34-,39-,40+,41-,53?,54-/m0/s1. The number of hydrazone groups is 1. The molecule has 1 unspecified atom stereocenters. The predicted molar refractivity (Wildman–Crippen MR) is 301 cm³/mol. The number of ether oxygens (including phenoxy) is 5. The van der Waals surface area contributed by atoms with Crippen LogP contribution in [-0.2, 0) is 59.0 Å². The predicted octanol–water partition coefficient (Wildman–Crippen LogP) is 5.53. The SMILES string of the molecule is COc1cc2cc(c1Cl)N(C)C(=O)C[C@H](OC(=O)[C@H](C)N(C)C(=O)CCSSC(C)(C)CC(=O)N/N=C(/C)c1ccc(OCCCC(=O)ON3C(=O)CCC3=O)nn1)C(C)(O)C[C@H](C)[C@@H]1C[C@@](O)(NC(=O)O1)[C@H](OC)/C=C/C=C(\C)C2. The van der Waals surface area contributed by atoms with Gasteiger partial charge in [0.15, 0.2) is 5.72 Å². The smallest absolute Gasteiger partial charge is 0.409 e. The number of amides is 6. The Bertz CT molecular complexity index is 2730. The molecule has 444 valence electrons. The minimum atomic E-state index is -1.97. The molecule has 0 radical (unpaired) electrons. The minimum Gasteiger partial charge on any atom is -0.495 e. The minimum absolute atomic E-state index is 0.00159. The van der Waals surface area contributed by atoms with Gasteiger partial charge in [-0.15, -0.1) is 15.3 Å². The molecule has 0 saturated carbocycles. The number of anilines is 1. The van der Waals surface area contributed by atoms with Crippen LogP contribution in [0.4, 0.5) is 10.5 Å². The van der Waals surface area contributed by atoms with Crippen molar-refractivity contribution in [3.05, 3.63) is 64.3 Å². The van der Waals surface area contributed by atoms with E-state index in [-0.39, 0.29) is 74.8 Å². The zero-order chi connectivity index (χ0) is 60.0. The van der Waals surface area contributed by atoms with Gasteiger partial charge >= 0.3 is 18.0 Å². The number of likely N-dealkylation sites (N-methyl/N-ethyl adjacent to an activating group) is 1. The first-order valence-corrected chi connectivity index (χ1v) is 28.8. The Morgan fingerprint density at radius 1 is 1.06 bits per heavy atom. The maximum atomic E-state index is 14.3. The number of esters is 1. The lowest BCUT2D eigenvalue weighted by atomic mass is 9.81. The summed E-state index contributed by atoms with van der Waals surface area (Å²) < 4.78 is 27.8. The number of carbonyl (C=O) groups excluding carboxylic acids is 8. The fourth-order valence-electron chi connectivity index (χ4n) is 8.82. The molecule has 3 aliphatic heterocycles. The quantitative estimate of drug-likeness (QED) is 0.0316. The molecule has 4 N–H and O–H groups in total. The molecule has 4 bridgehead atoms. The second kappa shape index (κ2) is 29.1. The van der Waals surface area contributed by atoms with Gasteiger partial charge in [0, 0.05) is 69.9 Å². The number of aliphatic hydroxyl groups is 2. The summed E-state index contributed by atoms with van der Waals surface area (Å²) in [4.78, 5) is 110. The van der Waals surface area contributed by atoms with E-state index in [1.807, 2.05) is 26.8 Å². The van der Waals surface area contributed by atoms with Gasteiger partial charge in [0.1, 0.15) is 40.8 Å². The monoisotopic (exact) mass is 1190 g/mol. The molecular formula is C54H73ClN8O16S2. The van der Waals surface area contributed by atoms with Crippen LogP contribution in [0.1, 0.15) is 118 Å². The van der Waals surface area contributed by atoms with Gasteiger partial charge in [-0.2, -0.15) is 5.10 Å². The van der Waals surface area contributed by atoms with Crippen molar-refractivity contribution in [3.8, 4) is 11.6 Å². The van der Waals surface area contributed by atoms with Crippen molar-refractivity contribution in [3.63, 3.8) is 0 Å². The molecule has 4 heterocycles. The number of nitrogens with one attached hydrogen (secondary N) is 2. The number of carbonyl (C=O) groups is 8. The van der Waals surface area contributed by atoms with E-state index in [4.69, 9.17) is 40.1 Å². The summed E-state index contributed by atoms with van der Waals surface area (Å²) in [5.74, 6) is -4.06. The lowest BCUT2D eigenvalue weighted by Crippen LogP contribution is -2.63. The van der Waals surface area contributed by atoms with E-state index in [0.717, 1.165) is 11.1 Å². The van der Waals surface area contributed by atoms with Crippen LogP contribution in [0.5, 0.6) is 11.6 Å². The van der Waals surface area contributed by atoms with Crippen LogP contribution in [0.2, 0.25) is 5.02 Å². The molecule has 7 atom stereocenters. The number of alkyl carbamates (subject to hydrolysis) is 1. The topological polar surface area (TPSA) is 304 Å². The number of imide groups is 1. The first-order valence-electron chi connectivity index (χ1n) is 26.1. The second-order valence-electron chi connectivity index (χ2n) is 20.9. The zero-order valence-corrected chi connectivity index (χ0v) is 49.8. The third kappa shape index (κ3) is 18.6. The number of allylic oxidation sites excluding steroid dienone is 3. The van der Waals surface area contributed by atoms with Gasteiger partial charge in [0.2, 0.25) is 23.6 Å². The van der Waals surface area contributed by atoms with Crippen molar-refractivity contribution in [1.82, 2.24) is 30.9 Å². The van der Waals surface area contributed by atoms with Gasteiger partial charge in [-0.05, 0) is 90.5 Å². The number of methoxy groups -OCH3 is 2. The highest BCUT2D eigenvalue weighted by molar-refractivity contribution is 8.77. The lowest BCUT2D eigenvalue weighted by molar-refractivity contribution is -0.197. The zero-order valence-electron chi connectivity index (χ0n) is 47.4. The summed E-state index contributed by atoms with van der Waals surface area (Å²) in [5.41, 5.74) is 1.27. The number of hydroxylamine groups is 2. The molecule has 2 fully saturated rings. The highest BCUT2D eigenvalue weighted by Gasteiger charge is 2.49. The molecular weight excluding hydrogens is 1120 g/mol. The van der Waals surface area contributed by atoms with Crippen LogP contribution in [-0.4, -0.2) is 165 Å². The number of hydrogen-bond donors (Lipinski definition) is 4. The number of aromatic nitrogens is 2. The molecule has 24 nitrogen and oxygen atoms in total. The average Bonchev–Trinajstić information content (AvgIpc) is 3.73. The van der Waals surface area contributed by atoms with E-state index in [2.05, 4.69) is 26.0 Å². The fourth-order valence-corrected chi connectivity index (χ4v) is 11.6. The molecule has 81 heavy (non-hydrogen) atoms. The average molecular weight is 1190 g/mol. The van der Waals surface area contributed by atoms with E-state index in [9.17, 15) is 48.6 Å². The van der Waals surface area contributed by atoms with E-state index < -0.39 is 94.4 Å². The van der Waals surface area contributed by atoms with Gasteiger partial charge in [-0.1, -0.05) is 63.9 Å². The van der Waals surface area contributed by atoms with E-state index >= 15 is 0 Å². The molecule has 27 heteroatoms. The summed E-state index contributed by atoms with van der Waals surface area (Å²) in [6.07, 6.45) is 0.385. The molecule has 6 amide bonds. The maximum Gasteiger partial charge on any atom is 0.409 e. The van der Waals surface area contributed by atoms with Crippen molar-refractivity contribution < 1.29 is 77.1 Å². The number of benzene rings is 1. The van der Waals surface area contributed by atoms with E-state index in [1.54, 1.807) is 50.3 Å². The van der Waals surface area contributed by atoms with Crippen LogP contribution >= 0.6 is 33.2 Å². The van der Waals surface area contributed by atoms with Gasteiger partial charge in [-0.3, -0.25) is 29.3 Å². The van der Waals surface area contributed by atoms with Crippen LogP contribution in [0.3, 0.4) is 0 Å². The largest absolute Gasteiger partial charge is 0.495 e. The lowest BCUT2D eigenvalue weighted by Gasteiger charge is -2.43. The molecule has 1 aromatic heterocycles. The van der Waals surface area contributed by atoms with Crippen LogP contribution in [0, 0.1) is 5.92 Å². The van der Waals surface area contributed by atoms with E-state index in [1.165, 1.54) is 73.6 Å². The summed E-state index contributed by atoms with van der Waals surface area (Å²) in [7, 11) is 8.52. The number of hydrogen-bond acceptors (Lipinski definition) is 21. The molecule has 5 rings (SSSR count). The Morgan fingerprint density at radius 3 is 2.42 bits per heavy atom. The molecule has 2 saturated heterocycles. The molecule has 0 aliphatic carbocycles. The van der Waals surface area contributed by atoms with Gasteiger partial charge in [0.25, 0.3) is 11.8 Å². The Kier molecular flexibility index (Phi) is 23.5. The third-order valence-electron chi connectivity index (χ3n) is 13.6. The highest BCUT2D eigenvalue weighted by Crippen LogP contribution is 2.40. The highest BCUT2D eigenvalue weighted by atomic mass is 35.5. The Labute approximate surface area is 483 Å². The summed E-state index contributed by atoms with van der Waals surface area (Å²) in [6.45, 7) is 11.9. The fraction of sp³-hybridized carbons (Fsp3) is 0.574.